The Morgan fingerprint density at radius 1 is 1.22 bits per heavy atom. The fourth-order valence-corrected chi connectivity index (χ4v) is 3.31. The van der Waals surface area contributed by atoms with Crippen LogP contribution in [0.15, 0.2) is 29.2 Å². The van der Waals surface area contributed by atoms with Crippen molar-refractivity contribution in [1.82, 2.24) is 9.62 Å². The van der Waals surface area contributed by atoms with Gasteiger partial charge in [0.25, 0.3) is 5.91 Å². The van der Waals surface area contributed by atoms with Gasteiger partial charge in [-0.05, 0) is 44.0 Å². The maximum atomic E-state index is 12.5. The number of hydrogen-bond acceptors (Lipinski definition) is 6. The zero-order chi connectivity index (χ0) is 20.2. The van der Waals surface area contributed by atoms with Gasteiger partial charge in [0.2, 0.25) is 15.9 Å². The van der Waals surface area contributed by atoms with Gasteiger partial charge in [0, 0.05) is 25.7 Å². The molecule has 0 spiro atoms. The molecule has 0 unspecified atom stereocenters. The lowest BCUT2D eigenvalue weighted by Crippen LogP contribution is -2.40. The van der Waals surface area contributed by atoms with E-state index in [-0.39, 0.29) is 16.8 Å². The number of ether oxygens (including phenoxy) is 1. The third-order valence-corrected chi connectivity index (χ3v) is 5.65. The van der Waals surface area contributed by atoms with Gasteiger partial charge in [-0.3, -0.25) is 14.4 Å². The third kappa shape index (κ3) is 6.04. The second-order valence-electron chi connectivity index (χ2n) is 6.38. The summed E-state index contributed by atoms with van der Waals surface area (Å²) in [6, 6.07) is 5.69. The van der Waals surface area contributed by atoms with E-state index >= 15 is 0 Å². The Labute approximate surface area is 158 Å². The van der Waals surface area contributed by atoms with Gasteiger partial charge in [0.05, 0.1) is 4.90 Å². The topological polar surface area (TPSA) is 122 Å². The summed E-state index contributed by atoms with van der Waals surface area (Å²) in [4.78, 5) is 34.7. The maximum Gasteiger partial charge on any atom is 0.322 e. The summed E-state index contributed by atoms with van der Waals surface area (Å²) < 4.78 is 30.9. The van der Waals surface area contributed by atoms with E-state index in [9.17, 15) is 22.8 Å². The van der Waals surface area contributed by atoms with Crippen LogP contribution in [0, 0.1) is 0 Å². The van der Waals surface area contributed by atoms with E-state index < -0.39 is 34.5 Å². The van der Waals surface area contributed by atoms with Gasteiger partial charge >= 0.3 is 5.97 Å². The van der Waals surface area contributed by atoms with Crippen molar-refractivity contribution in [2.24, 2.45) is 0 Å². The van der Waals surface area contributed by atoms with Crippen molar-refractivity contribution in [3.05, 3.63) is 24.3 Å². The minimum atomic E-state index is -3.93. The number of nitrogens with zero attached hydrogens (tertiary/aromatic N) is 1. The minimum Gasteiger partial charge on any atom is -0.452 e. The number of esters is 1. The van der Waals surface area contributed by atoms with E-state index in [1.807, 2.05) is 0 Å². The van der Waals surface area contributed by atoms with E-state index in [4.69, 9.17) is 4.74 Å². The molecule has 2 rings (SSSR count). The summed E-state index contributed by atoms with van der Waals surface area (Å²) in [6.07, 6.45) is 0.827. The molecule has 2 amide bonds. The average Bonchev–Trinajstić information content (AvgIpc) is 3.38. The Morgan fingerprint density at radius 3 is 2.33 bits per heavy atom. The summed E-state index contributed by atoms with van der Waals surface area (Å²) in [6.45, 7) is 2.25. The van der Waals surface area contributed by atoms with Gasteiger partial charge in [0.1, 0.15) is 6.54 Å². The molecule has 1 aliphatic carbocycles. The molecule has 27 heavy (non-hydrogen) atoms. The van der Waals surface area contributed by atoms with E-state index in [0.717, 1.165) is 17.1 Å². The van der Waals surface area contributed by atoms with Crippen LogP contribution in [0.5, 0.6) is 0 Å². The SMILES string of the molecule is CC(=O)Nc1ccc(S(=O)(=O)N(C)CC(=O)O[C@H](C)C(=O)NC2CC2)cc1. The molecule has 1 atom stereocenters. The second-order valence-corrected chi connectivity index (χ2v) is 8.43. The Kier molecular flexibility index (Phi) is 6.55. The van der Waals surface area contributed by atoms with Crippen molar-refractivity contribution in [2.75, 3.05) is 18.9 Å². The molecule has 148 valence electrons. The summed E-state index contributed by atoms with van der Waals surface area (Å²) in [5.41, 5.74) is 0.457. The van der Waals surface area contributed by atoms with Gasteiger partial charge in [0.15, 0.2) is 6.10 Å². The summed E-state index contributed by atoms with van der Waals surface area (Å²) in [7, 11) is -2.68. The van der Waals surface area contributed by atoms with Gasteiger partial charge in [-0.25, -0.2) is 8.42 Å². The number of benzene rings is 1. The van der Waals surface area contributed by atoms with Crippen LogP contribution in [0.2, 0.25) is 0 Å². The van der Waals surface area contributed by atoms with Crippen molar-refractivity contribution in [3.63, 3.8) is 0 Å². The van der Waals surface area contributed by atoms with Crippen molar-refractivity contribution in [2.45, 2.75) is 43.7 Å². The maximum absolute atomic E-state index is 12.5. The molecule has 0 saturated heterocycles. The van der Waals surface area contributed by atoms with E-state index in [1.165, 1.54) is 45.2 Å². The minimum absolute atomic E-state index is 0.0357. The number of likely N-dealkylation sites (N-methyl/N-ethyl adjacent to an activating group) is 1. The number of carbonyl (C=O) groups excluding carboxylic acids is 3. The summed E-state index contributed by atoms with van der Waals surface area (Å²) >= 11 is 0. The van der Waals surface area contributed by atoms with Crippen LogP contribution < -0.4 is 10.6 Å². The van der Waals surface area contributed by atoms with Crippen LogP contribution in [0.25, 0.3) is 0 Å². The zero-order valence-corrected chi connectivity index (χ0v) is 16.2. The first kappa shape index (κ1) is 20.8. The molecule has 1 aromatic carbocycles. The van der Waals surface area contributed by atoms with E-state index in [1.54, 1.807) is 0 Å². The summed E-state index contributed by atoms with van der Waals surface area (Å²) in [5, 5.41) is 5.24. The highest BCUT2D eigenvalue weighted by atomic mass is 32.2. The fourth-order valence-electron chi connectivity index (χ4n) is 2.19. The van der Waals surface area contributed by atoms with Crippen LogP contribution in [0.4, 0.5) is 5.69 Å². The molecular weight excluding hydrogens is 374 g/mol. The van der Waals surface area contributed by atoms with Crippen molar-refractivity contribution >= 4 is 33.5 Å². The first-order valence-corrected chi connectivity index (χ1v) is 9.87. The molecule has 0 radical (unpaired) electrons. The number of sulfonamides is 1. The molecule has 2 N–H and O–H groups in total. The quantitative estimate of drug-likeness (QED) is 0.615. The van der Waals surface area contributed by atoms with Crippen molar-refractivity contribution < 1.29 is 27.5 Å². The van der Waals surface area contributed by atoms with Crippen LogP contribution >= 0.6 is 0 Å². The highest BCUT2D eigenvalue weighted by Gasteiger charge is 2.29. The molecule has 1 saturated carbocycles. The lowest BCUT2D eigenvalue weighted by atomic mass is 10.3. The van der Waals surface area contributed by atoms with Crippen LogP contribution in [0.1, 0.15) is 26.7 Å². The van der Waals surface area contributed by atoms with E-state index in [0.29, 0.717) is 5.69 Å². The first-order chi connectivity index (χ1) is 12.6. The van der Waals surface area contributed by atoms with Crippen LogP contribution in [0.3, 0.4) is 0 Å². The Balaban J connectivity index is 1.94. The van der Waals surface area contributed by atoms with E-state index in [2.05, 4.69) is 10.6 Å². The summed E-state index contributed by atoms with van der Waals surface area (Å²) in [5.74, 6) is -1.50. The number of carbonyl (C=O) groups is 3. The lowest BCUT2D eigenvalue weighted by Gasteiger charge is -2.18. The van der Waals surface area contributed by atoms with Gasteiger partial charge in [-0.15, -0.1) is 0 Å². The molecule has 0 aromatic heterocycles. The standard InChI is InChI=1S/C17H23N3O6S/c1-11(17(23)19-14-4-5-14)26-16(22)10-20(3)27(24,25)15-8-6-13(7-9-15)18-12(2)21/h6-9,11,14H,4-5,10H2,1-3H3,(H,18,21)(H,19,23)/t11-/m1/s1. The number of amides is 2. The first-order valence-electron chi connectivity index (χ1n) is 8.43. The second kappa shape index (κ2) is 8.49. The fraction of sp³-hybridized carbons (Fsp3) is 0.471. The number of rotatable bonds is 8. The predicted octanol–water partition coefficient (Wildman–Crippen LogP) is 0.476. The molecule has 1 fully saturated rings. The average molecular weight is 397 g/mol. The van der Waals surface area contributed by atoms with Crippen molar-refractivity contribution in [3.8, 4) is 0 Å². The number of anilines is 1. The molecule has 9 nitrogen and oxygen atoms in total. The van der Waals surface area contributed by atoms with Gasteiger partial charge in [-0.1, -0.05) is 0 Å². The van der Waals surface area contributed by atoms with Crippen molar-refractivity contribution in [1.29, 1.82) is 0 Å². The molecule has 0 aliphatic heterocycles. The molecule has 1 aromatic rings. The highest BCUT2D eigenvalue weighted by molar-refractivity contribution is 7.89. The Morgan fingerprint density at radius 2 is 1.81 bits per heavy atom. The Hall–Kier alpha value is -2.46. The molecule has 0 bridgehead atoms. The van der Waals surface area contributed by atoms with Crippen LogP contribution in [-0.2, 0) is 29.1 Å². The molecule has 0 heterocycles. The number of hydrogen-bond donors (Lipinski definition) is 2. The zero-order valence-electron chi connectivity index (χ0n) is 15.4. The predicted molar refractivity (Wildman–Crippen MR) is 97.3 cm³/mol. The molecule has 1 aliphatic rings. The smallest absolute Gasteiger partial charge is 0.322 e. The Bertz CT molecular complexity index is 818. The van der Waals surface area contributed by atoms with Gasteiger partial charge < -0.3 is 15.4 Å². The molecular formula is C17H23N3O6S. The third-order valence-electron chi connectivity index (χ3n) is 3.84. The monoisotopic (exact) mass is 397 g/mol. The largest absolute Gasteiger partial charge is 0.452 e. The van der Waals surface area contributed by atoms with Gasteiger partial charge in [-0.2, -0.15) is 4.31 Å². The number of nitrogens with one attached hydrogen (secondary N) is 2. The van der Waals surface area contributed by atoms with Crippen LogP contribution in [-0.4, -0.2) is 56.2 Å². The molecule has 10 heteroatoms. The lowest BCUT2D eigenvalue weighted by molar-refractivity contribution is -0.154. The normalized spacial score (nSPS) is 15.1. The highest BCUT2D eigenvalue weighted by Crippen LogP contribution is 2.19.